The van der Waals surface area contributed by atoms with Crippen LogP contribution in [0, 0.1) is 17.8 Å². The summed E-state index contributed by atoms with van der Waals surface area (Å²) in [5.41, 5.74) is 1.27. The average molecular weight is 280 g/mol. The summed E-state index contributed by atoms with van der Waals surface area (Å²) in [7, 11) is 2.09. The molecule has 1 nitrogen and oxygen atoms in total. The zero-order valence-electron chi connectivity index (χ0n) is 12.3. The molecule has 19 heavy (non-hydrogen) atoms. The topological polar surface area (TPSA) is 12.0 Å². The number of halogens is 1. The van der Waals surface area contributed by atoms with Crippen LogP contribution in [-0.2, 0) is 6.42 Å². The van der Waals surface area contributed by atoms with Gasteiger partial charge >= 0.3 is 0 Å². The second kappa shape index (κ2) is 6.76. The summed E-state index contributed by atoms with van der Waals surface area (Å²) in [5.74, 6) is 2.49. The standard InChI is InChI=1S/C17H26ClN/c1-12-8-13(2)10-15(9-12)17(19-3)11-14-6-4-5-7-16(14)18/h4-7,12-13,15,17,19H,8-11H2,1-3H3. The first-order valence-electron chi connectivity index (χ1n) is 7.50. The average Bonchev–Trinajstić information content (AvgIpc) is 2.36. The van der Waals surface area contributed by atoms with Gasteiger partial charge in [-0.15, -0.1) is 0 Å². The van der Waals surface area contributed by atoms with E-state index in [4.69, 9.17) is 11.6 Å². The van der Waals surface area contributed by atoms with Gasteiger partial charge in [-0.3, -0.25) is 0 Å². The Bertz CT molecular complexity index is 394. The molecular weight excluding hydrogens is 254 g/mol. The fourth-order valence-corrected chi connectivity index (χ4v) is 3.96. The van der Waals surface area contributed by atoms with E-state index in [9.17, 15) is 0 Å². The molecule has 1 aliphatic rings. The highest BCUT2D eigenvalue weighted by Crippen LogP contribution is 2.35. The fourth-order valence-electron chi connectivity index (χ4n) is 3.74. The molecule has 0 aliphatic heterocycles. The first kappa shape index (κ1) is 14.9. The number of nitrogens with one attached hydrogen (secondary N) is 1. The molecule has 1 aromatic carbocycles. The lowest BCUT2D eigenvalue weighted by molar-refractivity contribution is 0.179. The van der Waals surface area contributed by atoms with Gasteiger partial charge < -0.3 is 5.32 Å². The smallest absolute Gasteiger partial charge is 0.0438 e. The molecule has 2 heteroatoms. The van der Waals surface area contributed by atoms with E-state index in [-0.39, 0.29) is 0 Å². The highest BCUT2D eigenvalue weighted by atomic mass is 35.5. The van der Waals surface area contributed by atoms with Gasteiger partial charge in [0, 0.05) is 11.1 Å². The highest BCUT2D eigenvalue weighted by molar-refractivity contribution is 6.31. The van der Waals surface area contributed by atoms with Gasteiger partial charge in [0.1, 0.15) is 0 Å². The van der Waals surface area contributed by atoms with E-state index in [0.29, 0.717) is 6.04 Å². The highest BCUT2D eigenvalue weighted by Gasteiger charge is 2.29. The summed E-state index contributed by atoms with van der Waals surface area (Å²) in [4.78, 5) is 0. The summed E-state index contributed by atoms with van der Waals surface area (Å²) in [5, 5.41) is 4.43. The maximum Gasteiger partial charge on any atom is 0.0438 e. The predicted octanol–water partition coefficient (Wildman–Crippen LogP) is 4.54. The van der Waals surface area contributed by atoms with E-state index in [1.54, 1.807) is 0 Å². The van der Waals surface area contributed by atoms with Crippen molar-refractivity contribution >= 4 is 11.6 Å². The van der Waals surface area contributed by atoms with Gasteiger partial charge in [-0.2, -0.15) is 0 Å². The Kier molecular flexibility index (Phi) is 5.29. The van der Waals surface area contributed by atoms with E-state index in [1.165, 1.54) is 24.8 Å². The van der Waals surface area contributed by atoms with Crippen LogP contribution >= 0.6 is 11.6 Å². The van der Waals surface area contributed by atoms with Gasteiger partial charge in [0.05, 0.1) is 0 Å². The minimum absolute atomic E-state index is 0.546. The third kappa shape index (κ3) is 3.97. The fraction of sp³-hybridized carbons (Fsp3) is 0.647. The van der Waals surface area contributed by atoms with Crippen LogP contribution < -0.4 is 5.32 Å². The molecule has 1 aliphatic carbocycles. The van der Waals surface area contributed by atoms with E-state index in [0.717, 1.165) is 29.2 Å². The van der Waals surface area contributed by atoms with Crippen molar-refractivity contribution in [2.75, 3.05) is 7.05 Å². The summed E-state index contributed by atoms with van der Waals surface area (Å²) in [6.07, 6.45) is 5.12. The second-order valence-electron chi connectivity index (χ2n) is 6.37. The lowest BCUT2D eigenvalue weighted by atomic mass is 9.73. The minimum Gasteiger partial charge on any atom is -0.316 e. The molecule has 0 amide bonds. The van der Waals surface area contributed by atoms with Crippen molar-refractivity contribution in [3.8, 4) is 0 Å². The molecule has 0 spiro atoms. The third-order valence-electron chi connectivity index (χ3n) is 4.55. The van der Waals surface area contributed by atoms with Gasteiger partial charge in [0.15, 0.2) is 0 Å². The molecule has 1 N–H and O–H groups in total. The van der Waals surface area contributed by atoms with Crippen molar-refractivity contribution in [3.05, 3.63) is 34.9 Å². The quantitative estimate of drug-likeness (QED) is 0.853. The molecule has 3 atom stereocenters. The lowest BCUT2D eigenvalue weighted by Crippen LogP contribution is -2.39. The van der Waals surface area contributed by atoms with E-state index in [1.807, 2.05) is 12.1 Å². The maximum absolute atomic E-state index is 6.29. The molecule has 1 saturated carbocycles. The molecule has 0 heterocycles. The van der Waals surface area contributed by atoms with Crippen LogP contribution in [0.2, 0.25) is 5.02 Å². The van der Waals surface area contributed by atoms with Crippen LogP contribution in [0.3, 0.4) is 0 Å². The predicted molar refractivity (Wildman–Crippen MR) is 83.7 cm³/mol. The largest absolute Gasteiger partial charge is 0.316 e. The number of hydrogen-bond acceptors (Lipinski definition) is 1. The molecule has 1 fully saturated rings. The van der Waals surface area contributed by atoms with Crippen LogP contribution in [0.1, 0.15) is 38.7 Å². The Balaban J connectivity index is 2.05. The monoisotopic (exact) mass is 279 g/mol. The second-order valence-corrected chi connectivity index (χ2v) is 6.78. The Hall–Kier alpha value is -0.530. The summed E-state index contributed by atoms with van der Waals surface area (Å²) < 4.78 is 0. The maximum atomic E-state index is 6.29. The molecule has 0 radical (unpaired) electrons. The Morgan fingerprint density at radius 3 is 2.37 bits per heavy atom. The lowest BCUT2D eigenvalue weighted by Gasteiger charge is -2.36. The summed E-state index contributed by atoms with van der Waals surface area (Å²) >= 11 is 6.29. The zero-order chi connectivity index (χ0) is 13.8. The summed E-state index contributed by atoms with van der Waals surface area (Å²) in [6, 6.07) is 8.79. The van der Waals surface area contributed by atoms with Gasteiger partial charge in [0.25, 0.3) is 0 Å². The van der Waals surface area contributed by atoms with Gasteiger partial charge in [-0.25, -0.2) is 0 Å². The van der Waals surface area contributed by atoms with Crippen LogP contribution in [0.4, 0.5) is 0 Å². The molecule has 0 aromatic heterocycles. The first-order valence-corrected chi connectivity index (χ1v) is 7.88. The van der Waals surface area contributed by atoms with Gasteiger partial charge in [0.2, 0.25) is 0 Å². The number of likely N-dealkylation sites (N-methyl/N-ethyl adjacent to an activating group) is 1. The third-order valence-corrected chi connectivity index (χ3v) is 4.92. The van der Waals surface area contributed by atoms with Crippen molar-refractivity contribution in [1.82, 2.24) is 5.32 Å². The normalized spacial score (nSPS) is 29.2. The molecule has 0 bridgehead atoms. The number of hydrogen-bond donors (Lipinski definition) is 1. The molecule has 1 aromatic rings. The molecule has 106 valence electrons. The molecule has 2 rings (SSSR count). The minimum atomic E-state index is 0.546. The number of benzene rings is 1. The Morgan fingerprint density at radius 1 is 1.16 bits per heavy atom. The Morgan fingerprint density at radius 2 is 1.79 bits per heavy atom. The Labute approximate surface area is 122 Å². The molecule has 0 saturated heterocycles. The van der Waals surface area contributed by atoms with Crippen molar-refractivity contribution in [2.24, 2.45) is 17.8 Å². The van der Waals surface area contributed by atoms with E-state index >= 15 is 0 Å². The summed E-state index contributed by atoms with van der Waals surface area (Å²) in [6.45, 7) is 4.79. The molecule has 3 unspecified atom stereocenters. The van der Waals surface area contributed by atoms with Crippen molar-refractivity contribution in [3.63, 3.8) is 0 Å². The zero-order valence-corrected chi connectivity index (χ0v) is 13.1. The van der Waals surface area contributed by atoms with E-state index < -0.39 is 0 Å². The van der Waals surface area contributed by atoms with Crippen LogP contribution in [0.15, 0.2) is 24.3 Å². The molecular formula is C17H26ClN. The van der Waals surface area contributed by atoms with E-state index in [2.05, 4.69) is 38.3 Å². The first-order chi connectivity index (χ1) is 9.10. The van der Waals surface area contributed by atoms with Gasteiger partial charge in [-0.05, 0) is 62.1 Å². The van der Waals surface area contributed by atoms with Crippen LogP contribution in [0.25, 0.3) is 0 Å². The van der Waals surface area contributed by atoms with Crippen molar-refractivity contribution < 1.29 is 0 Å². The van der Waals surface area contributed by atoms with Crippen LogP contribution in [0.5, 0.6) is 0 Å². The van der Waals surface area contributed by atoms with Gasteiger partial charge in [-0.1, -0.05) is 43.6 Å². The number of rotatable bonds is 4. The SMILES string of the molecule is CNC(Cc1ccccc1Cl)C1CC(C)CC(C)C1. The van der Waals surface area contributed by atoms with Crippen LogP contribution in [-0.4, -0.2) is 13.1 Å². The van der Waals surface area contributed by atoms with Crippen molar-refractivity contribution in [1.29, 1.82) is 0 Å². The van der Waals surface area contributed by atoms with Crippen molar-refractivity contribution in [2.45, 2.75) is 45.6 Å².